The Morgan fingerprint density at radius 2 is 2.21 bits per heavy atom. The smallest absolute Gasteiger partial charge is 0.0315 e. The molecular formula is C16H25N3. The Morgan fingerprint density at radius 1 is 1.32 bits per heavy atom. The van der Waals surface area contributed by atoms with Crippen molar-refractivity contribution >= 4 is 0 Å². The Hall–Kier alpha value is -0.930. The second-order valence-electron chi connectivity index (χ2n) is 6.23. The van der Waals surface area contributed by atoms with Crippen molar-refractivity contribution in [3.05, 3.63) is 29.6 Å². The van der Waals surface area contributed by atoms with Gasteiger partial charge in [-0.15, -0.1) is 0 Å². The molecule has 1 aromatic rings. The number of aryl methyl sites for hydroxylation is 1. The monoisotopic (exact) mass is 259 g/mol. The maximum atomic E-state index is 4.28. The van der Waals surface area contributed by atoms with E-state index < -0.39 is 0 Å². The first-order valence-electron chi connectivity index (χ1n) is 7.66. The van der Waals surface area contributed by atoms with Gasteiger partial charge in [-0.1, -0.05) is 0 Å². The first kappa shape index (κ1) is 13.1. The summed E-state index contributed by atoms with van der Waals surface area (Å²) in [5.74, 6) is 0.957. The van der Waals surface area contributed by atoms with Gasteiger partial charge in [0.05, 0.1) is 0 Å². The van der Waals surface area contributed by atoms with Crippen LogP contribution in [0.25, 0.3) is 0 Å². The molecule has 3 heteroatoms. The zero-order valence-electron chi connectivity index (χ0n) is 11.9. The van der Waals surface area contributed by atoms with Crippen LogP contribution in [0.2, 0.25) is 0 Å². The molecule has 2 fully saturated rings. The fourth-order valence-electron chi connectivity index (χ4n) is 3.00. The van der Waals surface area contributed by atoms with Crippen molar-refractivity contribution in [2.75, 3.05) is 19.6 Å². The van der Waals surface area contributed by atoms with Gasteiger partial charge in [-0.25, -0.2) is 0 Å². The number of hydrogen-bond acceptors (Lipinski definition) is 3. The predicted molar refractivity (Wildman–Crippen MR) is 78.0 cm³/mol. The summed E-state index contributed by atoms with van der Waals surface area (Å²) in [6.45, 7) is 6.93. The quantitative estimate of drug-likeness (QED) is 0.850. The Kier molecular flexibility index (Phi) is 4.14. The van der Waals surface area contributed by atoms with Crippen molar-refractivity contribution in [2.24, 2.45) is 5.92 Å². The van der Waals surface area contributed by atoms with E-state index in [-0.39, 0.29) is 0 Å². The summed E-state index contributed by atoms with van der Waals surface area (Å²) < 4.78 is 0. The van der Waals surface area contributed by atoms with Gasteiger partial charge in [-0.2, -0.15) is 0 Å². The average Bonchev–Trinajstić information content (AvgIpc) is 3.06. The minimum absolute atomic E-state index is 0.704. The number of nitrogens with one attached hydrogen (secondary N) is 1. The van der Waals surface area contributed by atoms with Crippen LogP contribution < -0.4 is 5.32 Å². The summed E-state index contributed by atoms with van der Waals surface area (Å²) in [6.07, 6.45) is 9.47. The molecule has 3 rings (SSSR count). The lowest BCUT2D eigenvalue weighted by atomic mass is 10.1. The van der Waals surface area contributed by atoms with Gasteiger partial charge < -0.3 is 5.32 Å². The van der Waals surface area contributed by atoms with Gasteiger partial charge in [0.25, 0.3) is 0 Å². The molecule has 1 aliphatic heterocycles. The molecule has 1 aromatic heterocycles. The topological polar surface area (TPSA) is 28.2 Å². The number of hydrogen-bond donors (Lipinski definition) is 1. The Morgan fingerprint density at radius 3 is 2.89 bits per heavy atom. The minimum atomic E-state index is 0.704. The van der Waals surface area contributed by atoms with E-state index in [2.05, 4.69) is 28.2 Å². The molecule has 3 nitrogen and oxygen atoms in total. The van der Waals surface area contributed by atoms with Crippen molar-refractivity contribution in [3.8, 4) is 0 Å². The second kappa shape index (κ2) is 6.02. The Labute approximate surface area is 116 Å². The highest BCUT2D eigenvalue weighted by atomic mass is 15.2. The summed E-state index contributed by atoms with van der Waals surface area (Å²) in [5.41, 5.74) is 2.76. The van der Waals surface area contributed by atoms with Crippen LogP contribution in [0, 0.1) is 12.8 Å². The van der Waals surface area contributed by atoms with E-state index >= 15 is 0 Å². The third-order valence-corrected chi connectivity index (χ3v) is 4.40. The molecule has 19 heavy (non-hydrogen) atoms. The molecule has 0 aromatic carbocycles. The molecule has 1 saturated heterocycles. The van der Waals surface area contributed by atoms with Crippen LogP contribution >= 0.6 is 0 Å². The van der Waals surface area contributed by atoms with E-state index in [0.717, 1.165) is 12.5 Å². The van der Waals surface area contributed by atoms with Crippen molar-refractivity contribution in [2.45, 2.75) is 45.2 Å². The molecule has 0 amide bonds. The fraction of sp³-hybridized carbons (Fsp3) is 0.688. The van der Waals surface area contributed by atoms with Crippen LogP contribution in [0.4, 0.5) is 0 Å². The van der Waals surface area contributed by atoms with Gasteiger partial charge in [0.1, 0.15) is 0 Å². The van der Waals surface area contributed by atoms with E-state index in [1.54, 1.807) is 0 Å². The maximum absolute atomic E-state index is 4.28. The molecular weight excluding hydrogens is 234 g/mol. The van der Waals surface area contributed by atoms with Crippen LogP contribution in [0.1, 0.15) is 36.8 Å². The minimum Gasteiger partial charge on any atom is -0.313 e. The number of pyridine rings is 1. The molecule has 1 atom stereocenters. The average molecular weight is 259 g/mol. The molecule has 1 N–H and O–H groups in total. The van der Waals surface area contributed by atoms with Gasteiger partial charge in [0, 0.05) is 38.1 Å². The number of aromatic nitrogens is 1. The normalized spacial score (nSPS) is 23.2. The van der Waals surface area contributed by atoms with Crippen molar-refractivity contribution < 1.29 is 0 Å². The van der Waals surface area contributed by atoms with Gasteiger partial charge >= 0.3 is 0 Å². The third kappa shape index (κ3) is 3.77. The zero-order chi connectivity index (χ0) is 13.1. The third-order valence-electron chi connectivity index (χ3n) is 4.40. The van der Waals surface area contributed by atoms with E-state index in [0.29, 0.717) is 6.04 Å². The van der Waals surface area contributed by atoms with E-state index in [4.69, 9.17) is 0 Å². The van der Waals surface area contributed by atoms with E-state index in [1.807, 2.05) is 12.4 Å². The zero-order valence-corrected chi connectivity index (χ0v) is 11.9. The molecule has 104 valence electrons. The molecule has 1 unspecified atom stereocenters. The molecule has 0 spiro atoms. The molecule has 1 saturated carbocycles. The molecule has 1 aliphatic carbocycles. The van der Waals surface area contributed by atoms with Crippen LogP contribution in [-0.4, -0.2) is 35.6 Å². The maximum Gasteiger partial charge on any atom is 0.0315 e. The summed E-state index contributed by atoms with van der Waals surface area (Å²) in [4.78, 5) is 6.93. The highest BCUT2D eigenvalue weighted by Gasteiger charge is 2.26. The van der Waals surface area contributed by atoms with Crippen molar-refractivity contribution in [1.82, 2.24) is 15.2 Å². The van der Waals surface area contributed by atoms with Crippen LogP contribution in [0.5, 0.6) is 0 Å². The summed E-state index contributed by atoms with van der Waals surface area (Å²) >= 11 is 0. The second-order valence-corrected chi connectivity index (χ2v) is 6.23. The highest BCUT2D eigenvalue weighted by Crippen LogP contribution is 2.30. The Bertz CT molecular complexity index is 408. The number of nitrogens with zero attached hydrogens (tertiary/aromatic N) is 2. The first-order valence-corrected chi connectivity index (χ1v) is 7.66. The van der Waals surface area contributed by atoms with Crippen LogP contribution in [0.15, 0.2) is 18.5 Å². The largest absolute Gasteiger partial charge is 0.313 e. The van der Waals surface area contributed by atoms with E-state index in [1.165, 1.54) is 56.4 Å². The first-order chi connectivity index (χ1) is 9.31. The standard InChI is InChI=1S/C16H25N3/c1-13-6-8-17-9-15(13)11-19(10-14-4-5-14)12-16-3-2-7-18-16/h6,8-9,14,16,18H,2-5,7,10-12H2,1H3. The lowest BCUT2D eigenvalue weighted by Gasteiger charge is -2.26. The highest BCUT2D eigenvalue weighted by molar-refractivity contribution is 5.21. The van der Waals surface area contributed by atoms with Crippen molar-refractivity contribution in [3.63, 3.8) is 0 Å². The lowest BCUT2D eigenvalue weighted by Crippen LogP contribution is -2.38. The number of rotatable bonds is 6. The van der Waals surface area contributed by atoms with Crippen LogP contribution in [0.3, 0.4) is 0 Å². The fourth-order valence-corrected chi connectivity index (χ4v) is 3.00. The van der Waals surface area contributed by atoms with Crippen molar-refractivity contribution in [1.29, 1.82) is 0 Å². The predicted octanol–water partition coefficient (Wildman–Crippen LogP) is 2.35. The van der Waals surface area contributed by atoms with Gasteiger partial charge in [0.15, 0.2) is 0 Å². The lowest BCUT2D eigenvalue weighted by molar-refractivity contribution is 0.231. The molecule has 2 heterocycles. The molecule has 0 radical (unpaired) electrons. The molecule has 0 bridgehead atoms. The van der Waals surface area contributed by atoms with Crippen LogP contribution in [-0.2, 0) is 6.54 Å². The van der Waals surface area contributed by atoms with Gasteiger partial charge in [0.2, 0.25) is 0 Å². The SMILES string of the molecule is Cc1ccncc1CN(CC1CC1)CC1CCCN1. The summed E-state index contributed by atoms with van der Waals surface area (Å²) in [5, 5.41) is 3.62. The summed E-state index contributed by atoms with van der Waals surface area (Å²) in [6, 6.07) is 2.83. The van der Waals surface area contributed by atoms with E-state index in [9.17, 15) is 0 Å². The molecule has 2 aliphatic rings. The summed E-state index contributed by atoms with van der Waals surface area (Å²) in [7, 11) is 0. The van der Waals surface area contributed by atoms with Gasteiger partial charge in [-0.05, 0) is 62.3 Å². The Balaban J connectivity index is 1.62. The van der Waals surface area contributed by atoms with Gasteiger partial charge in [-0.3, -0.25) is 9.88 Å².